The molecular weight excluding hydrogens is 244 g/mol. The highest BCUT2D eigenvalue weighted by Gasteiger charge is 2.20. The minimum atomic E-state index is -1.02. The number of nitrogens with zero attached hydrogens (tertiary/aromatic N) is 1. The van der Waals surface area contributed by atoms with E-state index in [1.165, 1.54) is 10.5 Å². The van der Waals surface area contributed by atoms with Gasteiger partial charge in [-0.3, -0.25) is 4.90 Å². The number of anilines is 1. The predicted molar refractivity (Wildman–Crippen MR) is 74.5 cm³/mol. The van der Waals surface area contributed by atoms with Crippen molar-refractivity contribution in [2.24, 2.45) is 0 Å². The van der Waals surface area contributed by atoms with Gasteiger partial charge in [0.1, 0.15) is 6.04 Å². The molecule has 0 aromatic heterocycles. The third kappa shape index (κ3) is 3.98. The average molecular weight is 264 g/mol. The minimum Gasteiger partial charge on any atom is -0.480 e. The summed E-state index contributed by atoms with van der Waals surface area (Å²) in [6, 6.07) is 6.32. The molecule has 1 aromatic rings. The number of carboxylic acids is 1. The molecule has 2 amide bonds. The second kappa shape index (κ2) is 6.78. The standard InChI is InChI=1S/C14H20N2O3/c1-4-10-6-8-11(9-7-10)16(3)14(19)15-12(5-2)13(17)18/h6-9,12H,4-5H2,1-3H3,(H,15,19)(H,17,18). The van der Waals surface area contributed by atoms with Gasteiger partial charge in [0.05, 0.1) is 0 Å². The lowest BCUT2D eigenvalue weighted by molar-refractivity contribution is -0.139. The van der Waals surface area contributed by atoms with Crippen LogP contribution in [0, 0.1) is 0 Å². The molecule has 104 valence electrons. The van der Waals surface area contributed by atoms with E-state index in [1.807, 2.05) is 24.3 Å². The van der Waals surface area contributed by atoms with E-state index in [1.54, 1.807) is 14.0 Å². The van der Waals surface area contributed by atoms with Gasteiger partial charge in [-0.05, 0) is 30.5 Å². The third-order valence-electron chi connectivity index (χ3n) is 3.04. The van der Waals surface area contributed by atoms with Crippen LogP contribution in [0.15, 0.2) is 24.3 Å². The van der Waals surface area contributed by atoms with E-state index < -0.39 is 18.0 Å². The highest BCUT2D eigenvalue weighted by Crippen LogP contribution is 2.14. The number of aliphatic carboxylic acids is 1. The van der Waals surface area contributed by atoms with Gasteiger partial charge < -0.3 is 10.4 Å². The number of nitrogens with one attached hydrogen (secondary N) is 1. The van der Waals surface area contributed by atoms with E-state index in [2.05, 4.69) is 12.2 Å². The van der Waals surface area contributed by atoms with Gasteiger partial charge in [-0.15, -0.1) is 0 Å². The maximum Gasteiger partial charge on any atom is 0.326 e. The Labute approximate surface area is 113 Å². The van der Waals surface area contributed by atoms with Crippen LogP contribution in [-0.4, -0.2) is 30.2 Å². The molecule has 0 aliphatic rings. The van der Waals surface area contributed by atoms with E-state index in [4.69, 9.17) is 5.11 Å². The monoisotopic (exact) mass is 264 g/mol. The minimum absolute atomic E-state index is 0.351. The third-order valence-corrected chi connectivity index (χ3v) is 3.04. The van der Waals surface area contributed by atoms with Crippen LogP contribution in [0.25, 0.3) is 0 Å². The second-order valence-corrected chi connectivity index (χ2v) is 4.33. The lowest BCUT2D eigenvalue weighted by Crippen LogP contribution is -2.46. The number of benzene rings is 1. The van der Waals surface area contributed by atoms with Crippen LogP contribution in [-0.2, 0) is 11.2 Å². The summed E-state index contributed by atoms with van der Waals surface area (Å²) in [5.74, 6) is -1.02. The summed E-state index contributed by atoms with van der Waals surface area (Å²) in [4.78, 5) is 24.2. The predicted octanol–water partition coefficient (Wildman–Crippen LogP) is 2.26. The molecule has 0 saturated heterocycles. The molecule has 1 aromatic carbocycles. The maximum atomic E-state index is 11.9. The van der Waals surface area contributed by atoms with Crippen molar-refractivity contribution in [3.8, 4) is 0 Å². The number of rotatable bonds is 5. The molecule has 0 heterocycles. The summed E-state index contributed by atoms with van der Waals surface area (Å²) in [5, 5.41) is 11.4. The fourth-order valence-corrected chi connectivity index (χ4v) is 1.66. The summed E-state index contributed by atoms with van der Waals surface area (Å²) in [6.07, 6.45) is 1.29. The summed E-state index contributed by atoms with van der Waals surface area (Å²) in [7, 11) is 1.62. The van der Waals surface area contributed by atoms with Crippen molar-refractivity contribution >= 4 is 17.7 Å². The number of carboxylic acid groups (broad SMARTS) is 1. The van der Waals surface area contributed by atoms with E-state index in [-0.39, 0.29) is 0 Å². The van der Waals surface area contributed by atoms with Gasteiger partial charge in [0.15, 0.2) is 0 Å². The summed E-state index contributed by atoms with van der Waals surface area (Å²) in [5.41, 5.74) is 1.92. The molecule has 0 saturated carbocycles. The van der Waals surface area contributed by atoms with Crippen molar-refractivity contribution in [1.82, 2.24) is 5.32 Å². The van der Waals surface area contributed by atoms with Crippen LogP contribution in [0.5, 0.6) is 0 Å². The lowest BCUT2D eigenvalue weighted by Gasteiger charge is -2.21. The van der Waals surface area contributed by atoms with Crippen LogP contribution in [0.3, 0.4) is 0 Å². The number of carbonyl (C=O) groups is 2. The normalized spacial score (nSPS) is 11.7. The molecule has 5 nitrogen and oxygen atoms in total. The zero-order chi connectivity index (χ0) is 14.4. The van der Waals surface area contributed by atoms with Crippen molar-refractivity contribution < 1.29 is 14.7 Å². The quantitative estimate of drug-likeness (QED) is 0.857. The van der Waals surface area contributed by atoms with Gasteiger partial charge >= 0.3 is 12.0 Å². The smallest absolute Gasteiger partial charge is 0.326 e. The number of aryl methyl sites for hydroxylation is 1. The number of hydrogen-bond acceptors (Lipinski definition) is 2. The first kappa shape index (κ1) is 15.0. The van der Waals surface area contributed by atoms with Gasteiger partial charge in [-0.1, -0.05) is 26.0 Å². The Morgan fingerprint density at radius 1 is 1.26 bits per heavy atom. The van der Waals surface area contributed by atoms with E-state index in [9.17, 15) is 9.59 Å². The molecule has 0 bridgehead atoms. The van der Waals surface area contributed by atoms with Crippen molar-refractivity contribution in [2.45, 2.75) is 32.7 Å². The van der Waals surface area contributed by atoms with Crippen LogP contribution in [0.4, 0.5) is 10.5 Å². The summed E-state index contributed by atoms with van der Waals surface area (Å²) < 4.78 is 0. The molecule has 0 aliphatic carbocycles. The number of amides is 2. The van der Waals surface area contributed by atoms with Crippen molar-refractivity contribution in [1.29, 1.82) is 0 Å². The molecule has 1 atom stereocenters. The van der Waals surface area contributed by atoms with E-state index in [0.29, 0.717) is 6.42 Å². The number of urea groups is 1. The van der Waals surface area contributed by atoms with Crippen LogP contribution < -0.4 is 10.2 Å². The van der Waals surface area contributed by atoms with Crippen LogP contribution >= 0.6 is 0 Å². The molecule has 5 heteroatoms. The molecule has 0 fully saturated rings. The average Bonchev–Trinajstić information content (AvgIpc) is 2.43. The van der Waals surface area contributed by atoms with Gasteiger partial charge in [0, 0.05) is 12.7 Å². The van der Waals surface area contributed by atoms with E-state index >= 15 is 0 Å². The Hall–Kier alpha value is -2.04. The van der Waals surface area contributed by atoms with Gasteiger partial charge in [-0.25, -0.2) is 9.59 Å². The Morgan fingerprint density at radius 2 is 1.84 bits per heavy atom. The Balaban J connectivity index is 2.72. The Morgan fingerprint density at radius 3 is 2.26 bits per heavy atom. The number of carbonyl (C=O) groups excluding carboxylic acids is 1. The summed E-state index contributed by atoms with van der Waals surface area (Å²) >= 11 is 0. The fourth-order valence-electron chi connectivity index (χ4n) is 1.66. The molecule has 0 aliphatic heterocycles. The highest BCUT2D eigenvalue weighted by atomic mass is 16.4. The molecular formula is C14H20N2O3. The fraction of sp³-hybridized carbons (Fsp3) is 0.429. The molecule has 2 N–H and O–H groups in total. The highest BCUT2D eigenvalue weighted by molar-refractivity contribution is 5.93. The van der Waals surface area contributed by atoms with Gasteiger partial charge in [-0.2, -0.15) is 0 Å². The lowest BCUT2D eigenvalue weighted by atomic mass is 10.1. The Bertz CT molecular complexity index is 443. The van der Waals surface area contributed by atoms with E-state index in [0.717, 1.165) is 12.1 Å². The van der Waals surface area contributed by atoms with Gasteiger partial charge in [0.25, 0.3) is 0 Å². The molecule has 1 rings (SSSR count). The van der Waals surface area contributed by atoms with Crippen LogP contribution in [0.1, 0.15) is 25.8 Å². The van der Waals surface area contributed by atoms with Crippen LogP contribution in [0.2, 0.25) is 0 Å². The molecule has 0 spiro atoms. The zero-order valence-electron chi connectivity index (χ0n) is 11.5. The second-order valence-electron chi connectivity index (χ2n) is 4.33. The van der Waals surface area contributed by atoms with Gasteiger partial charge in [0.2, 0.25) is 0 Å². The first-order valence-electron chi connectivity index (χ1n) is 6.35. The van der Waals surface area contributed by atoms with Crippen molar-refractivity contribution in [2.75, 3.05) is 11.9 Å². The largest absolute Gasteiger partial charge is 0.480 e. The first-order chi connectivity index (χ1) is 8.99. The maximum absolute atomic E-state index is 11.9. The first-order valence-corrected chi connectivity index (χ1v) is 6.35. The molecule has 19 heavy (non-hydrogen) atoms. The topological polar surface area (TPSA) is 69.6 Å². The SMILES string of the molecule is CCc1ccc(N(C)C(=O)NC(CC)C(=O)O)cc1. The molecule has 1 unspecified atom stereocenters. The van der Waals surface area contributed by atoms with Crippen molar-refractivity contribution in [3.63, 3.8) is 0 Å². The molecule has 0 radical (unpaired) electrons. The zero-order valence-corrected chi connectivity index (χ0v) is 11.5. The summed E-state index contributed by atoms with van der Waals surface area (Å²) in [6.45, 7) is 3.78. The van der Waals surface area contributed by atoms with Crippen molar-refractivity contribution in [3.05, 3.63) is 29.8 Å². The Kier molecular flexibility index (Phi) is 5.36. The number of hydrogen-bond donors (Lipinski definition) is 2.